The van der Waals surface area contributed by atoms with Crippen LogP contribution in [0.3, 0.4) is 0 Å². The predicted molar refractivity (Wildman–Crippen MR) is 144 cm³/mol. The molecule has 0 saturated heterocycles. The first kappa shape index (κ1) is 23.5. The van der Waals surface area contributed by atoms with Crippen molar-refractivity contribution < 1.29 is 14.3 Å². The molecule has 36 heavy (non-hydrogen) atoms. The Morgan fingerprint density at radius 1 is 0.722 bits per heavy atom. The van der Waals surface area contributed by atoms with Gasteiger partial charge in [-0.1, -0.05) is 73.3 Å². The van der Waals surface area contributed by atoms with Gasteiger partial charge in [-0.05, 0) is 66.6 Å². The Balaban J connectivity index is 1.46. The van der Waals surface area contributed by atoms with Crippen molar-refractivity contribution in [3.8, 4) is 11.5 Å². The molecule has 6 heteroatoms. The zero-order valence-corrected chi connectivity index (χ0v) is 20.5. The summed E-state index contributed by atoms with van der Waals surface area (Å²) in [4.78, 5) is 29.7. The van der Waals surface area contributed by atoms with Gasteiger partial charge in [-0.3, -0.25) is 9.59 Å². The van der Waals surface area contributed by atoms with E-state index in [-0.39, 0.29) is 17.5 Å². The van der Waals surface area contributed by atoms with Gasteiger partial charge in [0.25, 0.3) is 11.8 Å². The molecular weight excluding hydrogens is 468 g/mol. The molecule has 178 valence electrons. The molecule has 0 atom stereocenters. The Morgan fingerprint density at radius 3 is 2.03 bits per heavy atom. The Kier molecular flexibility index (Phi) is 6.87. The lowest BCUT2D eigenvalue weighted by Gasteiger charge is -2.16. The van der Waals surface area contributed by atoms with Crippen LogP contribution in [0.1, 0.15) is 12.5 Å². The highest BCUT2D eigenvalue weighted by molar-refractivity contribution is 8.04. The van der Waals surface area contributed by atoms with Gasteiger partial charge in [-0.25, -0.2) is 4.90 Å². The van der Waals surface area contributed by atoms with Crippen LogP contribution in [0.5, 0.6) is 11.5 Å². The van der Waals surface area contributed by atoms with Crippen LogP contribution in [-0.2, 0) is 16.0 Å². The molecule has 0 unspecified atom stereocenters. The van der Waals surface area contributed by atoms with E-state index in [1.807, 2.05) is 84.9 Å². The fourth-order valence-electron chi connectivity index (χ4n) is 3.93. The minimum atomic E-state index is -0.388. The van der Waals surface area contributed by atoms with E-state index < -0.39 is 0 Å². The third-order valence-electron chi connectivity index (χ3n) is 5.74. The Bertz CT molecular complexity index is 1420. The van der Waals surface area contributed by atoms with Crippen molar-refractivity contribution >= 4 is 35.0 Å². The van der Waals surface area contributed by atoms with E-state index in [1.165, 1.54) is 16.7 Å². The first-order valence-electron chi connectivity index (χ1n) is 11.7. The van der Waals surface area contributed by atoms with Crippen LogP contribution in [0, 0.1) is 0 Å². The summed E-state index contributed by atoms with van der Waals surface area (Å²) in [5.74, 6) is 0.581. The molecule has 0 aliphatic carbocycles. The molecule has 1 heterocycles. The number of imide groups is 1. The van der Waals surface area contributed by atoms with Crippen molar-refractivity contribution in [2.24, 2.45) is 0 Å². The van der Waals surface area contributed by atoms with Crippen LogP contribution in [0.2, 0.25) is 0 Å². The molecule has 1 aliphatic rings. The number of hydrogen-bond acceptors (Lipinski definition) is 5. The zero-order chi connectivity index (χ0) is 24.9. The maximum Gasteiger partial charge on any atom is 0.283 e. The van der Waals surface area contributed by atoms with Crippen LogP contribution in [0.25, 0.3) is 0 Å². The van der Waals surface area contributed by atoms with E-state index >= 15 is 0 Å². The highest BCUT2D eigenvalue weighted by Crippen LogP contribution is 2.38. The third kappa shape index (κ3) is 4.90. The number of para-hydroxylation sites is 2. The first-order valence-corrected chi connectivity index (χ1v) is 12.5. The number of carbonyl (C=O) groups excluding carboxylic acids is 2. The van der Waals surface area contributed by atoms with Gasteiger partial charge in [0.15, 0.2) is 0 Å². The first-order chi connectivity index (χ1) is 17.6. The molecule has 0 radical (unpaired) electrons. The summed E-state index contributed by atoms with van der Waals surface area (Å²) in [6.07, 6.45) is 0.798. The van der Waals surface area contributed by atoms with Gasteiger partial charge in [-0.15, -0.1) is 0 Å². The quantitative estimate of drug-likeness (QED) is 0.268. The van der Waals surface area contributed by atoms with Crippen LogP contribution in [0.15, 0.2) is 125 Å². The minimum Gasteiger partial charge on any atom is -0.457 e. The van der Waals surface area contributed by atoms with Gasteiger partial charge >= 0.3 is 0 Å². The van der Waals surface area contributed by atoms with Crippen molar-refractivity contribution in [2.75, 3.05) is 10.2 Å². The number of anilines is 2. The minimum absolute atomic E-state index is 0.277. The molecule has 4 aromatic carbocycles. The average molecular weight is 493 g/mol. The van der Waals surface area contributed by atoms with E-state index in [4.69, 9.17) is 4.74 Å². The fraction of sp³-hybridized carbons (Fsp3) is 0.0667. The van der Waals surface area contributed by atoms with Crippen LogP contribution < -0.4 is 15.0 Å². The summed E-state index contributed by atoms with van der Waals surface area (Å²) in [5.41, 5.74) is 2.64. The number of nitrogens with one attached hydrogen (secondary N) is 1. The largest absolute Gasteiger partial charge is 0.457 e. The maximum atomic E-state index is 13.6. The third-order valence-corrected chi connectivity index (χ3v) is 6.83. The van der Waals surface area contributed by atoms with Crippen LogP contribution >= 0.6 is 11.8 Å². The second-order valence-corrected chi connectivity index (χ2v) is 9.19. The van der Waals surface area contributed by atoms with Gasteiger partial charge < -0.3 is 10.1 Å². The summed E-state index contributed by atoms with van der Waals surface area (Å²) >= 11 is 1.29. The molecular formula is C30H24N2O3S. The Labute approximate surface area is 214 Å². The molecule has 0 aromatic heterocycles. The van der Waals surface area contributed by atoms with E-state index in [0.29, 0.717) is 22.1 Å². The molecule has 4 aromatic rings. The standard InChI is InChI=1S/C30H24N2O3S/c1-2-21-11-9-10-16-26(21)31-27-28(36-25-14-7-4-8-15-25)30(34)32(29(27)33)22-17-19-24(20-18-22)35-23-12-5-3-6-13-23/h3-20,31H,2H2,1H3. The zero-order valence-electron chi connectivity index (χ0n) is 19.7. The van der Waals surface area contributed by atoms with Crippen molar-refractivity contribution in [1.82, 2.24) is 0 Å². The number of aryl methyl sites for hydroxylation is 1. The Morgan fingerprint density at radius 2 is 1.33 bits per heavy atom. The summed E-state index contributed by atoms with van der Waals surface area (Å²) in [7, 11) is 0. The lowest BCUT2D eigenvalue weighted by Crippen LogP contribution is -2.32. The Hall–Kier alpha value is -4.29. The second-order valence-electron chi connectivity index (χ2n) is 8.11. The van der Waals surface area contributed by atoms with Gasteiger partial charge in [0.05, 0.1) is 5.69 Å². The van der Waals surface area contributed by atoms with Gasteiger partial charge in [-0.2, -0.15) is 0 Å². The van der Waals surface area contributed by atoms with Crippen molar-refractivity contribution in [1.29, 1.82) is 0 Å². The summed E-state index contributed by atoms with van der Waals surface area (Å²) in [6.45, 7) is 2.06. The number of hydrogen-bond donors (Lipinski definition) is 1. The number of amides is 2. The number of rotatable bonds is 8. The van der Waals surface area contributed by atoms with Gasteiger partial charge in [0.1, 0.15) is 22.1 Å². The summed E-state index contributed by atoms with van der Waals surface area (Å²) in [5, 5.41) is 3.28. The SMILES string of the molecule is CCc1ccccc1NC1=C(Sc2ccccc2)C(=O)N(c2ccc(Oc3ccccc3)cc2)C1=O. The molecule has 1 N–H and O–H groups in total. The van der Waals surface area contributed by atoms with Crippen LogP contribution in [0.4, 0.5) is 11.4 Å². The molecule has 0 spiro atoms. The number of ether oxygens (including phenoxy) is 1. The van der Waals surface area contributed by atoms with Crippen molar-refractivity contribution in [2.45, 2.75) is 18.2 Å². The van der Waals surface area contributed by atoms with E-state index in [9.17, 15) is 9.59 Å². The number of carbonyl (C=O) groups is 2. The average Bonchev–Trinajstić information content (AvgIpc) is 3.14. The topological polar surface area (TPSA) is 58.6 Å². The van der Waals surface area contributed by atoms with Gasteiger partial charge in [0.2, 0.25) is 0 Å². The fourth-order valence-corrected chi connectivity index (χ4v) is 4.88. The van der Waals surface area contributed by atoms with Crippen molar-refractivity contribution in [3.63, 3.8) is 0 Å². The lowest BCUT2D eigenvalue weighted by atomic mass is 10.1. The van der Waals surface area contributed by atoms with E-state index in [1.54, 1.807) is 24.3 Å². The van der Waals surface area contributed by atoms with Gasteiger partial charge in [0, 0.05) is 10.6 Å². The van der Waals surface area contributed by atoms with E-state index in [2.05, 4.69) is 12.2 Å². The highest BCUT2D eigenvalue weighted by Gasteiger charge is 2.40. The number of thioether (sulfide) groups is 1. The molecule has 0 fully saturated rings. The van der Waals surface area contributed by atoms with Crippen LogP contribution in [-0.4, -0.2) is 11.8 Å². The monoisotopic (exact) mass is 492 g/mol. The summed E-state index contributed by atoms with van der Waals surface area (Å²) in [6, 6.07) is 33.8. The van der Waals surface area contributed by atoms with Crippen molar-refractivity contribution in [3.05, 3.63) is 125 Å². The molecule has 2 amide bonds. The molecule has 5 rings (SSSR count). The molecule has 1 aliphatic heterocycles. The maximum absolute atomic E-state index is 13.6. The molecule has 0 saturated carbocycles. The summed E-state index contributed by atoms with van der Waals surface area (Å²) < 4.78 is 5.86. The normalized spacial score (nSPS) is 13.3. The predicted octanol–water partition coefficient (Wildman–Crippen LogP) is 7.03. The lowest BCUT2D eigenvalue weighted by molar-refractivity contribution is -0.120. The second kappa shape index (κ2) is 10.5. The molecule has 5 nitrogen and oxygen atoms in total. The highest BCUT2D eigenvalue weighted by atomic mass is 32.2. The number of benzene rings is 4. The van der Waals surface area contributed by atoms with E-state index in [0.717, 1.165) is 22.6 Å². The smallest absolute Gasteiger partial charge is 0.283 e. The molecule has 0 bridgehead atoms. The number of nitrogens with zero attached hydrogens (tertiary/aromatic N) is 1.